The Morgan fingerprint density at radius 3 is 1.59 bits per heavy atom. The van der Waals surface area contributed by atoms with Crippen LogP contribution in [0.2, 0.25) is 0 Å². The van der Waals surface area contributed by atoms with Gasteiger partial charge in [0.25, 0.3) is 10.1 Å². The summed E-state index contributed by atoms with van der Waals surface area (Å²) in [5, 5.41) is 30.8. The summed E-state index contributed by atoms with van der Waals surface area (Å²) in [5.41, 5.74) is 0. The zero-order valence-electron chi connectivity index (χ0n) is 35.9. The number of rotatable bonds is 37. The Morgan fingerprint density at radius 2 is 1.05 bits per heavy atom. The highest BCUT2D eigenvalue weighted by atomic mass is 32.2. The molecule has 0 spiro atoms. The van der Waals surface area contributed by atoms with Crippen molar-refractivity contribution in [2.24, 2.45) is 0 Å². The third-order valence-corrected chi connectivity index (χ3v) is 10.9. The highest BCUT2D eigenvalue weighted by Gasteiger charge is 2.46. The molecule has 0 radical (unpaired) electrons. The fourth-order valence-corrected chi connectivity index (χ4v) is 7.32. The molecule has 1 aliphatic heterocycles. The largest absolute Gasteiger partial charge is 0.462 e. The number of ether oxygens (including phenoxy) is 4. The van der Waals surface area contributed by atoms with E-state index >= 15 is 0 Å². The third kappa shape index (κ3) is 30.0. The summed E-state index contributed by atoms with van der Waals surface area (Å²) in [5.74, 6) is -2.00. The first-order valence-electron chi connectivity index (χ1n) is 22.5. The van der Waals surface area contributed by atoms with Crippen LogP contribution in [0, 0.1) is 0 Å². The summed E-state index contributed by atoms with van der Waals surface area (Å²) in [4.78, 5) is 25.3. The summed E-state index contributed by atoms with van der Waals surface area (Å²) in [6, 6.07) is 0. The zero-order valence-corrected chi connectivity index (χ0v) is 36.7. The molecule has 1 fully saturated rings. The average molecular weight is 845 g/mol. The van der Waals surface area contributed by atoms with Gasteiger partial charge in [0.2, 0.25) is 0 Å². The molecule has 12 nitrogen and oxygen atoms in total. The number of carbonyl (C=O) groups excluding carboxylic acids is 2. The molecule has 0 aromatic heterocycles. The summed E-state index contributed by atoms with van der Waals surface area (Å²) < 4.78 is 54.0. The molecule has 0 aromatic carbocycles. The van der Waals surface area contributed by atoms with Gasteiger partial charge in [0.05, 0.1) is 6.61 Å². The first-order chi connectivity index (χ1) is 28.0. The predicted molar refractivity (Wildman–Crippen MR) is 229 cm³/mol. The second kappa shape index (κ2) is 35.6. The number of carbonyl (C=O) groups is 2. The molecular weight excluding hydrogens is 765 g/mol. The van der Waals surface area contributed by atoms with Crippen LogP contribution in [0.1, 0.15) is 181 Å². The van der Waals surface area contributed by atoms with E-state index in [1.807, 2.05) is 0 Å². The number of aliphatic hydroxyl groups is 3. The Labute approximate surface area is 351 Å². The van der Waals surface area contributed by atoms with Crippen LogP contribution in [-0.4, -0.2) is 96.0 Å². The first-order valence-corrected chi connectivity index (χ1v) is 24.2. The van der Waals surface area contributed by atoms with Gasteiger partial charge < -0.3 is 34.3 Å². The lowest BCUT2D eigenvalue weighted by Crippen LogP contribution is -2.60. The maximum Gasteiger partial charge on any atom is 0.306 e. The van der Waals surface area contributed by atoms with Gasteiger partial charge >= 0.3 is 11.9 Å². The fraction of sp³-hybridized carbons (Fsp3) is 0.822. The minimum Gasteiger partial charge on any atom is -0.462 e. The molecule has 6 atom stereocenters. The summed E-state index contributed by atoms with van der Waals surface area (Å²) >= 11 is 0. The molecule has 338 valence electrons. The molecule has 0 bridgehead atoms. The fourth-order valence-electron chi connectivity index (χ4n) is 6.63. The van der Waals surface area contributed by atoms with E-state index in [1.54, 1.807) is 0 Å². The molecule has 58 heavy (non-hydrogen) atoms. The summed E-state index contributed by atoms with van der Waals surface area (Å²) in [7, 11) is -4.60. The highest BCUT2D eigenvalue weighted by Crippen LogP contribution is 2.24. The van der Waals surface area contributed by atoms with Gasteiger partial charge in [-0.25, -0.2) is 0 Å². The van der Waals surface area contributed by atoms with E-state index in [2.05, 4.69) is 50.3 Å². The Bertz CT molecular complexity index is 1220. The molecule has 1 heterocycles. The molecule has 0 saturated carbocycles. The lowest BCUT2D eigenvalue weighted by molar-refractivity contribution is -0.297. The zero-order chi connectivity index (χ0) is 42.7. The Kier molecular flexibility index (Phi) is 33.1. The molecule has 0 amide bonds. The van der Waals surface area contributed by atoms with E-state index in [9.17, 15) is 37.9 Å². The predicted octanol–water partition coefficient (Wildman–Crippen LogP) is 9.00. The van der Waals surface area contributed by atoms with Crippen LogP contribution < -0.4 is 0 Å². The van der Waals surface area contributed by atoms with E-state index in [-0.39, 0.29) is 19.4 Å². The first kappa shape index (κ1) is 53.9. The van der Waals surface area contributed by atoms with E-state index in [4.69, 9.17) is 18.9 Å². The maximum absolute atomic E-state index is 12.8. The molecule has 1 saturated heterocycles. The van der Waals surface area contributed by atoms with Crippen molar-refractivity contribution in [1.82, 2.24) is 0 Å². The van der Waals surface area contributed by atoms with Crippen molar-refractivity contribution in [3.05, 3.63) is 36.5 Å². The van der Waals surface area contributed by atoms with Crippen LogP contribution in [0.5, 0.6) is 0 Å². The Hall–Kier alpha value is -2.13. The van der Waals surface area contributed by atoms with Crippen LogP contribution >= 0.6 is 0 Å². The van der Waals surface area contributed by atoms with Crippen molar-refractivity contribution in [1.29, 1.82) is 0 Å². The van der Waals surface area contributed by atoms with E-state index in [0.29, 0.717) is 12.8 Å². The van der Waals surface area contributed by atoms with Crippen LogP contribution in [0.25, 0.3) is 0 Å². The van der Waals surface area contributed by atoms with Gasteiger partial charge in [-0.15, -0.1) is 0 Å². The van der Waals surface area contributed by atoms with Crippen LogP contribution in [0.3, 0.4) is 0 Å². The highest BCUT2D eigenvalue weighted by molar-refractivity contribution is 7.85. The van der Waals surface area contributed by atoms with Crippen LogP contribution in [0.15, 0.2) is 36.5 Å². The van der Waals surface area contributed by atoms with Crippen molar-refractivity contribution in [3.63, 3.8) is 0 Å². The maximum atomic E-state index is 12.8. The summed E-state index contributed by atoms with van der Waals surface area (Å²) in [6.07, 6.45) is 30.5. The van der Waals surface area contributed by atoms with Gasteiger partial charge in [0.1, 0.15) is 36.8 Å². The normalized spacial score (nSPS) is 20.7. The van der Waals surface area contributed by atoms with Crippen molar-refractivity contribution in [3.8, 4) is 0 Å². The molecule has 1 aliphatic rings. The van der Waals surface area contributed by atoms with Gasteiger partial charge in [0, 0.05) is 12.8 Å². The Morgan fingerprint density at radius 1 is 0.586 bits per heavy atom. The Balaban J connectivity index is 2.41. The summed E-state index contributed by atoms with van der Waals surface area (Å²) in [6.45, 7) is 3.68. The lowest BCUT2D eigenvalue weighted by atomic mass is 10.00. The number of hydrogen-bond acceptors (Lipinski definition) is 11. The standard InChI is InChI=1S/C45H80O12S/c1-3-5-7-9-11-13-15-16-17-18-19-20-21-22-24-25-27-29-31-33-40(46)54-35-38(56-41(47)34-32-30-28-26-23-14-12-10-8-6-4-2)36-55-45-44(50)43(49)42(48)39(57-45)37-58(51,52)53/h10-13,16-17,38-39,42-45,48-50H,3-9,14-15,18-37H2,1-2H3,(H,51,52,53)/b12-10+,13-11+,17-16+/t38-,39-,42-,43?,44?,45+/m1/s1. The molecule has 2 unspecified atom stereocenters. The smallest absolute Gasteiger partial charge is 0.306 e. The molecule has 4 N–H and O–H groups in total. The molecular formula is C45H80O12S. The van der Waals surface area contributed by atoms with Crippen LogP contribution in [0.4, 0.5) is 0 Å². The van der Waals surface area contributed by atoms with Gasteiger partial charge in [-0.05, 0) is 64.2 Å². The van der Waals surface area contributed by atoms with Gasteiger partial charge in [-0.2, -0.15) is 8.42 Å². The molecule has 1 rings (SSSR count). The second-order valence-electron chi connectivity index (χ2n) is 15.7. The molecule has 0 aliphatic carbocycles. The number of allylic oxidation sites excluding steroid dienone is 6. The molecule has 0 aromatic rings. The van der Waals surface area contributed by atoms with Gasteiger partial charge in [0.15, 0.2) is 12.4 Å². The quantitative estimate of drug-likeness (QED) is 0.0202. The number of unbranched alkanes of at least 4 members (excludes halogenated alkanes) is 19. The van der Waals surface area contributed by atoms with E-state index in [1.165, 1.54) is 70.6 Å². The van der Waals surface area contributed by atoms with E-state index in [0.717, 1.165) is 70.6 Å². The minimum absolute atomic E-state index is 0.153. The molecule has 13 heteroatoms. The number of hydrogen-bond donors (Lipinski definition) is 4. The number of esters is 2. The minimum atomic E-state index is -4.60. The van der Waals surface area contributed by atoms with Gasteiger partial charge in [-0.3, -0.25) is 14.1 Å². The number of aliphatic hydroxyl groups excluding tert-OH is 3. The van der Waals surface area contributed by atoms with Crippen molar-refractivity contribution in [2.75, 3.05) is 19.0 Å². The van der Waals surface area contributed by atoms with Crippen LogP contribution in [-0.2, 0) is 38.7 Å². The van der Waals surface area contributed by atoms with Crippen molar-refractivity contribution in [2.45, 2.75) is 218 Å². The van der Waals surface area contributed by atoms with E-state index < -0.39 is 71.2 Å². The van der Waals surface area contributed by atoms with Crippen molar-refractivity contribution >= 4 is 22.1 Å². The lowest BCUT2D eigenvalue weighted by Gasteiger charge is -2.40. The third-order valence-electron chi connectivity index (χ3n) is 10.2. The second-order valence-corrected chi connectivity index (χ2v) is 17.2. The van der Waals surface area contributed by atoms with Gasteiger partial charge in [-0.1, -0.05) is 140 Å². The SMILES string of the molecule is CCCC/C=C/CCCCCCCC(=O)O[C@H](COC(=O)CCCCCCCCCCC/C=C/C/C=C/CCCCC)CO[C@H]1O[C@H](CS(=O)(=O)O)[C@@H](O)C(O)C1O. The average Bonchev–Trinajstić information content (AvgIpc) is 3.18. The van der Waals surface area contributed by atoms with Crippen molar-refractivity contribution < 1.29 is 56.8 Å². The topological polar surface area (TPSA) is 186 Å². The monoisotopic (exact) mass is 845 g/mol.